The van der Waals surface area contributed by atoms with Gasteiger partial charge in [0, 0.05) is 12.7 Å². The highest BCUT2D eigenvalue weighted by atomic mass is 32.1. The maximum atomic E-state index is 12.7. The van der Waals surface area contributed by atoms with E-state index in [1.807, 2.05) is 19.9 Å². The number of anilines is 2. The summed E-state index contributed by atoms with van der Waals surface area (Å²) in [5.41, 5.74) is 2.46. The second-order valence-corrected chi connectivity index (χ2v) is 7.64. The molecule has 0 aliphatic rings. The van der Waals surface area contributed by atoms with Gasteiger partial charge in [0.15, 0.2) is 5.82 Å². The number of methoxy groups -OCH3 is 1. The van der Waals surface area contributed by atoms with E-state index in [2.05, 4.69) is 35.8 Å². The van der Waals surface area contributed by atoms with Crippen molar-refractivity contribution >= 4 is 39.1 Å². The summed E-state index contributed by atoms with van der Waals surface area (Å²) in [4.78, 5) is 27.8. The van der Waals surface area contributed by atoms with Gasteiger partial charge in [-0.15, -0.1) is 4.80 Å². The van der Waals surface area contributed by atoms with Crippen LogP contribution in [0.15, 0.2) is 30.9 Å². The van der Waals surface area contributed by atoms with Gasteiger partial charge in [0.25, 0.3) is 0 Å². The first kappa shape index (κ1) is 20.3. The van der Waals surface area contributed by atoms with Crippen molar-refractivity contribution in [2.45, 2.75) is 20.0 Å². The number of aromatic nitrogens is 6. The number of amides is 2. The molecule has 0 bridgehead atoms. The lowest BCUT2D eigenvalue weighted by Gasteiger charge is -2.16. The second kappa shape index (κ2) is 8.42. The molecule has 4 aromatic rings. The molecule has 156 valence electrons. The SMILES string of the molecule is CO[C@@H](C)c1c(NC(=O)Nc2cnc(-n3nccn3)c(C#N)c2)cnc2sc(C)nc12. The van der Waals surface area contributed by atoms with E-state index < -0.39 is 6.03 Å². The summed E-state index contributed by atoms with van der Waals surface area (Å²) in [6.07, 6.45) is 5.65. The number of hydrogen-bond acceptors (Lipinski definition) is 9. The normalized spacial score (nSPS) is 11.8. The lowest BCUT2D eigenvalue weighted by atomic mass is 10.1. The first-order valence-electron chi connectivity index (χ1n) is 9.13. The first-order chi connectivity index (χ1) is 15.0. The number of fused-ring (bicyclic) bond motifs is 1. The van der Waals surface area contributed by atoms with Crippen LogP contribution in [-0.2, 0) is 4.74 Å². The van der Waals surface area contributed by atoms with Gasteiger partial charge in [-0.2, -0.15) is 15.5 Å². The van der Waals surface area contributed by atoms with E-state index in [1.54, 1.807) is 13.3 Å². The average Bonchev–Trinajstić information content (AvgIpc) is 3.42. The minimum atomic E-state index is -0.520. The molecule has 4 rings (SSSR count). The molecule has 4 aromatic heterocycles. The Balaban J connectivity index is 1.59. The molecule has 0 aliphatic heterocycles. The summed E-state index contributed by atoms with van der Waals surface area (Å²) >= 11 is 1.47. The molecule has 0 saturated heterocycles. The van der Waals surface area contributed by atoms with E-state index in [0.717, 1.165) is 15.4 Å². The number of nitrogens with one attached hydrogen (secondary N) is 2. The number of nitriles is 1. The summed E-state index contributed by atoms with van der Waals surface area (Å²) in [6.45, 7) is 3.77. The van der Waals surface area contributed by atoms with Crippen LogP contribution in [0.5, 0.6) is 0 Å². The van der Waals surface area contributed by atoms with Crippen molar-refractivity contribution in [1.29, 1.82) is 5.26 Å². The Kier molecular flexibility index (Phi) is 5.52. The highest BCUT2D eigenvalue weighted by Crippen LogP contribution is 2.33. The summed E-state index contributed by atoms with van der Waals surface area (Å²) < 4.78 is 5.48. The zero-order valence-electron chi connectivity index (χ0n) is 16.8. The molecule has 31 heavy (non-hydrogen) atoms. The Hall–Kier alpha value is -3.95. The second-order valence-electron chi connectivity index (χ2n) is 6.45. The molecule has 0 fully saturated rings. The molecule has 0 spiro atoms. The Morgan fingerprint density at radius 1 is 1.26 bits per heavy atom. The first-order valence-corrected chi connectivity index (χ1v) is 9.95. The van der Waals surface area contributed by atoms with Crippen molar-refractivity contribution in [3.63, 3.8) is 0 Å². The van der Waals surface area contributed by atoms with Crippen molar-refractivity contribution in [2.24, 2.45) is 0 Å². The Morgan fingerprint density at radius 2 is 2.03 bits per heavy atom. The maximum absolute atomic E-state index is 12.7. The number of carbonyl (C=O) groups excluding carboxylic acids is 1. The van der Waals surface area contributed by atoms with Crippen molar-refractivity contribution in [1.82, 2.24) is 29.9 Å². The largest absolute Gasteiger partial charge is 0.377 e. The van der Waals surface area contributed by atoms with Gasteiger partial charge in [-0.1, -0.05) is 11.3 Å². The fraction of sp³-hybridized carbons (Fsp3) is 0.211. The molecule has 0 unspecified atom stereocenters. The molecule has 0 aromatic carbocycles. The fourth-order valence-electron chi connectivity index (χ4n) is 3.01. The zero-order chi connectivity index (χ0) is 22.0. The van der Waals surface area contributed by atoms with Gasteiger partial charge in [-0.25, -0.2) is 19.7 Å². The average molecular weight is 435 g/mol. The Morgan fingerprint density at radius 3 is 2.74 bits per heavy atom. The van der Waals surface area contributed by atoms with E-state index in [4.69, 9.17) is 4.74 Å². The zero-order valence-corrected chi connectivity index (χ0v) is 17.6. The third kappa shape index (κ3) is 4.04. The Bertz CT molecular complexity index is 1290. The number of pyridine rings is 2. The monoisotopic (exact) mass is 435 g/mol. The third-order valence-electron chi connectivity index (χ3n) is 4.43. The molecule has 11 nitrogen and oxygen atoms in total. The van der Waals surface area contributed by atoms with Gasteiger partial charge in [-0.05, 0) is 19.9 Å². The standard InChI is InChI=1S/C19H17N9O2S/c1-10(30-3)15-14(9-22-18-16(15)25-11(2)31-18)27-19(29)26-13-6-12(7-20)17(21-8-13)28-23-4-5-24-28/h4-6,8-10H,1-3H3,(H2,26,27,29)/t10-/m0/s1. The molecule has 0 radical (unpaired) electrons. The van der Waals surface area contributed by atoms with Crippen LogP contribution in [0.2, 0.25) is 0 Å². The van der Waals surface area contributed by atoms with Crippen LogP contribution < -0.4 is 10.6 Å². The van der Waals surface area contributed by atoms with Gasteiger partial charge in [0.1, 0.15) is 22.0 Å². The highest BCUT2D eigenvalue weighted by molar-refractivity contribution is 7.18. The van der Waals surface area contributed by atoms with E-state index in [9.17, 15) is 10.1 Å². The van der Waals surface area contributed by atoms with Gasteiger partial charge in [-0.3, -0.25) is 0 Å². The lowest BCUT2D eigenvalue weighted by Crippen LogP contribution is -2.21. The van der Waals surface area contributed by atoms with Crippen LogP contribution in [-0.4, -0.2) is 43.1 Å². The van der Waals surface area contributed by atoms with Crippen molar-refractivity contribution in [3.05, 3.63) is 47.0 Å². The van der Waals surface area contributed by atoms with Gasteiger partial charge < -0.3 is 15.4 Å². The van der Waals surface area contributed by atoms with Crippen LogP contribution in [0.25, 0.3) is 16.2 Å². The van der Waals surface area contributed by atoms with Gasteiger partial charge in [0.05, 0.1) is 47.3 Å². The number of hydrogen-bond donors (Lipinski definition) is 2. The van der Waals surface area contributed by atoms with E-state index in [1.165, 1.54) is 40.8 Å². The molecule has 2 N–H and O–H groups in total. The minimum absolute atomic E-state index is 0.212. The van der Waals surface area contributed by atoms with Crippen LogP contribution in [0.1, 0.15) is 29.2 Å². The van der Waals surface area contributed by atoms with Crippen LogP contribution in [0.3, 0.4) is 0 Å². The molecular weight excluding hydrogens is 418 g/mol. The molecular formula is C19H17N9O2S. The smallest absolute Gasteiger partial charge is 0.323 e. The number of aryl methyl sites for hydroxylation is 1. The molecule has 4 heterocycles. The summed E-state index contributed by atoms with van der Waals surface area (Å²) in [5, 5.41) is 23.7. The van der Waals surface area contributed by atoms with Gasteiger partial charge in [0.2, 0.25) is 0 Å². The quantitative estimate of drug-likeness (QED) is 0.486. The third-order valence-corrected chi connectivity index (χ3v) is 5.31. The van der Waals surface area contributed by atoms with Crippen LogP contribution in [0.4, 0.5) is 16.2 Å². The number of ether oxygens (including phenoxy) is 1. The lowest BCUT2D eigenvalue weighted by molar-refractivity contribution is 0.121. The summed E-state index contributed by atoms with van der Waals surface area (Å²) in [6, 6.07) is 3.01. The summed E-state index contributed by atoms with van der Waals surface area (Å²) in [5.74, 6) is 0.267. The molecule has 1 atom stereocenters. The molecule has 0 aliphatic carbocycles. The predicted molar refractivity (Wildman–Crippen MR) is 114 cm³/mol. The number of rotatable bonds is 5. The minimum Gasteiger partial charge on any atom is -0.377 e. The van der Waals surface area contributed by atoms with Crippen LogP contribution >= 0.6 is 11.3 Å². The number of nitrogens with zero attached hydrogens (tertiary/aromatic N) is 7. The van der Waals surface area contributed by atoms with Crippen LogP contribution in [0, 0.1) is 18.3 Å². The molecule has 2 amide bonds. The topological polar surface area (TPSA) is 144 Å². The van der Waals surface area contributed by atoms with Gasteiger partial charge >= 0.3 is 6.03 Å². The number of carbonyl (C=O) groups is 1. The van der Waals surface area contributed by atoms with Crippen molar-refractivity contribution in [2.75, 3.05) is 17.7 Å². The van der Waals surface area contributed by atoms with Crippen molar-refractivity contribution in [3.8, 4) is 11.9 Å². The number of thiazole rings is 1. The number of urea groups is 1. The summed E-state index contributed by atoms with van der Waals surface area (Å²) in [7, 11) is 1.59. The fourth-order valence-corrected chi connectivity index (χ4v) is 3.78. The maximum Gasteiger partial charge on any atom is 0.323 e. The van der Waals surface area contributed by atoms with E-state index in [0.29, 0.717) is 16.9 Å². The molecule has 12 heteroatoms. The van der Waals surface area contributed by atoms with E-state index >= 15 is 0 Å². The highest BCUT2D eigenvalue weighted by Gasteiger charge is 2.20. The Labute approximate surface area is 180 Å². The van der Waals surface area contributed by atoms with E-state index in [-0.39, 0.29) is 17.5 Å². The predicted octanol–water partition coefficient (Wildman–Crippen LogP) is 3.20. The molecule has 0 saturated carbocycles. The van der Waals surface area contributed by atoms with Crippen molar-refractivity contribution < 1.29 is 9.53 Å².